The summed E-state index contributed by atoms with van der Waals surface area (Å²) in [5.41, 5.74) is 2.17. The lowest BCUT2D eigenvalue weighted by atomic mass is 10.2. The van der Waals surface area contributed by atoms with Crippen molar-refractivity contribution in [3.05, 3.63) is 40.9 Å². The lowest BCUT2D eigenvalue weighted by molar-refractivity contribution is -0.122. The van der Waals surface area contributed by atoms with Crippen molar-refractivity contribution < 1.29 is 4.79 Å². The second kappa shape index (κ2) is 5.23. The van der Waals surface area contributed by atoms with Gasteiger partial charge >= 0.3 is 0 Å². The van der Waals surface area contributed by atoms with E-state index < -0.39 is 0 Å². The SMILES string of the molecule is C/C=C(\C)CN1C[C@@H]2C[C@H]1C(=O)N2c1ccccc1Cl. The first-order valence-electron chi connectivity index (χ1n) is 7.05. The van der Waals surface area contributed by atoms with E-state index in [0.717, 1.165) is 25.2 Å². The van der Waals surface area contributed by atoms with E-state index in [9.17, 15) is 4.79 Å². The number of piperazine rings is 1. The van der Waals surface area contributed by atoms with Crippen LogP contribution in [0.3, 0.4) is 0 Å². The van der Waals surface area contributed by atoms with E-state index in [-0.39, 0.29) is 18.0 Å². The number of nitrogens with zero attached hydrogens (tertiary/aromatic N) is 2. The Morgan fingerprint density at radius 1 is 1.45 bits per heavy atom. The molecule has 4 heteroatoms. The fraction of sp³-hybridized carbons (Fsp3) is 0.438. The van der Waals surface area contributed by atoms with Crippen LogP contribution in [-0.4, -0.2) is 36.0 Å². The van der Waals surface area contributed by atoms with Crippen molar-refractivity contribution in [2.24, 2.45) is 0 Å². The molecule has 3 nitrogen and oxygen atoms in total. The molecular formula is C16H19ClN2O. The maximum atomic E-state index is 12.6. The Hall–Kier alpha value is -1.32. The number of halogens is 1. The van der Waals surface area contributed by atoms with Crippen molar-refractivity contribution in [2.75, 3.05) is 18.0 Å². The number of carbonyl (C=O) groups is 1. The van der Waals surface area contributed by atoms with Crippen LogP contribution >= 0.6 is 11.6 Å². The predicted octanol–water partition coefficient (Wildman–Crippen LogP) is 3.10. The first-order valence-corrected chi connectivity index (χ1v) is 7.43. The maximum Gasteiger partial charge on any atom is 0.244 e. The zero-order valence-corrected chi connectivity index (χ0v) is 12.6. The molecule has 106 valence electrons. The van der Waals surface area contributed by atoms with E-state index in [1.807, 2.05) is 36.1 Å². The summed E-state index contributed by atoms with van der Waals surface area (Å²) in [6.07, 6.45) is 3.03. The van der Waals surface area contributed by atoms with Gasteiger partial charge in [0.05, 0.1) is 22.8 Å². The summed E-state index contributed by atoms with van der Waals surface area (Å²) >= 11 is 6.23. The van der Waals surface area contributed by atoms with Crippen LogP contribution in [0.25, 0.3) is 0 Å². The molecule has 2 heterocycles. The molecule has 0 saturated carbocycles. The Balaban J connectivity index is 1.81. The van der Waals surface area contributed by atoms with E-state index in [4.69, 9.17) is 11.6 Å². The fourth-order valence-corrected chi connectivity index (χ4v) is 3.44. The molecule has 20 heavy (non-hydrogen) atoms. The number of fused-ring (bicyclic) bond motifs is 2. The number of carbonyl (C=O) groups excluding carboxylic acids is 1. The molecule has 1 aromatic carbocycles. The molecule has 3 rings (SSSR count). The first kappa shape index (κ1) is 13.7. The zero-order valence-electron chi connectivity index (χ0n) is 11.8. The molecule has 0 unspecified atom stereocenters. The molecule has 1 aromatic rings. The topological polar surface area (TPSA) is 23.6 Å². The number of hydrogen-bond acceptors (Lipinski definition) is 2. The van der Waals surface area contributed by atoms with Gasteiger partial charge in [-0.25, -0.2) is 0 Å². The van der Waals surface area contributed by atoms with Gasteiger partial charge in [-0.2, -0.15) is 0 Å². The highest BCUT2D eigenvalue weighted by molar-refractivity contribution is 6.34. The van der Waals surface area contributed by atoms with Crippen LogP contribution in [0.4, 0.5) is 5.69 Å². The molecule has 0 aromatic heterocycles. The minimum Gasteiger partial charge on any atom is -0.305 e. The van der Waals surface area contributed by atoms with Crippen molar-refractivity contribution >= 4 is 23.2 Å². The van der Waals surface area contributed by atoms with Gasteiger partial charge in [-0.05, 0) is 32.4 Å². The predicted molar refractivity (Wildman–Crippen MR) is 82.1 cm³/mol. The average Bonchev–Trinajstić information content (AvgIpc) is 2.97. The quantitative estimate of drug-likeness (QED) is 0.799. The number of allylic oxidation sites excluding steroid dienone is 1. The van der Waals surface area contributed by atoms with E-state index in [1.165, 1.54) is 5.57 Å². The lowest BCUT2D eigenvalue weighted by Crippen LogP contribution is -2.50. The summed E-state index contributed by atoms with van der Waals surface area (Å²) in [6.45, 7) is 5.98. The number of anilines is 1. The lowest BCUT2D eigenvalue weighted by Gasteiger charge is -2.34. The number of benzene rings is 1. The van der Waals surface area contributed by atoms with Crippen molar-refractivity contribution in [1.82, 2.24) is 4.90 Å². The van der Waals surface area contributed by atoms with Gasteiger partial charge in [0.25, 0.3) is 0 Å². The van der Waals surface area contributed by atoms with Crippen LogP contribution in [0.1, 0.15) is 20.3 Å². The number of amides is 1. The summed E-state index contributed by atoms with van der Waals surface area (Å²) in [5.74, 6) is 0.193. The van der Waals surface area contributed by atoms with E-state index in [0.29, 0.717) is 5.02 Å². The highest BCUT2D eigenvalue weighted by Crippen LogP contribution is 2.38. The number of likely N-dealkylation sites (tertiary alicyclic amines) is 1. The van der Waals surface area contributed by atoms with Gasteiger partial charge in [-0.1, -0.05) is 35.4 Å². The van der Waals surface area contributed by atoms with Gasteiger partial charge in [0.2, 0.25) is 5.91 Å². The minimum absolute atomic E-state index is 0.0196. The molecular weight excluding hydrogens is 272 g/mol. The normalized spacial score (nSPS) is 26.6. The zero-order chi connectivity index (χ0) is 14.3. The standard InChI is InChI=1S/C16H19ClN2O/c1-3-11(2)9-18-10-12-8-15(18)16(20)19(12)14-7-5-4-6-13(14)17/h3-7,12,15H,8-10H2,1-2H3/b11-3+/t12-,15-/m0/s1. The third kappa shape index (κ3) is 2.15. The van der Waals surface area contributed by atoms with Crippen molar-refractivity contribution in [3.63, 3.8) is 0 Å². The largest absolute Gasteiger partial charge is 0.305 e. The summed E-state index contributed by atoms with van der Waals surface area (Å²) in [4.78, 5) is 16.8. The Labute approximate surface area is 124 Å². The van der Waals surface area contributed by atoms with Crippen LogP contribution in [-0.2, 0) is 4.79 Å². The fourth-order valence-electron chi connectivity index (χ4n) is 3.21. The Bertz CT molecular complexity index is 569. The summed E-state index contributed by atoms with van der Waals surface area (Å²) in [7, 11) is 0. The number of rotatable bonds is 3. The van der Waals surface area contributed by atoms with Gasteiger partial charge in [-0.3, -0.25) is 9.69 Å². The van der Waals surface area contributed by atoms with Crippen LogP contribution in [0.2, 0.25) is 5.02 Å². The second-order valence-corrected chi connectivity index (χ2v) is 6.04. The molecule has 2 bridgehead atoms. The molecule has 0 N–H and O–H groups in total. The van der Waals surface area contributed by atoms with Gasteiger partial charge in [-0.15, -0.1) is 0 Å². The van der Waals surface area contributed by atoms with Gasteiger partial charge in [0.1, 0.15) is 0 Å². The molecule has 1 amide bonds. The third-order valence-corrected chi connectivity index (χ3v) is 4.65. The molecule has 0 radical (unpaired) electrons. The number of hydrogen-bond donors (Lipinski definition) is 0. The molecule has 2 aliphatic rings. The summed E-state index contributed by atoms with van der Waals surface area (Å²) in [6, 6.07) is 7.89. The van der Waals surface area contributed by atoms with Crippen molar-refractivity contribution in [3.8, 4) is 0 Å². The summed E-state index contributed by atoms with van der Waals surface area (Å²) < 4.78 is 0. The third-order valence-electron chi connectivity index (χ3n) is 4.33. The number of para-hydroxylation sites is 1. The van der Waals surface area contributed by atoms with Crippen LogP contribution in [0.15, 0.2) is 35.9 Å². The molecule has 0 aliphatic carbocycles. The summed E-state index contributed by atoms with van der Waals surface area (Å²) in [5, 5.41) is 0.657. The van der Waals surface area contributed by atoms with Crippen molar-refractivity contribution in [1.29, 1.82) is 0 Å². The highest BCUT2D eigenvalue weighted by Gasteiger charge is 2.50. The Kier molecular flexibility index (Phi) is 3.57. The van der Waals surface area contributed by atoms with Crippen LogP contribution in [0, 0.1) is 0 Å². The molecule has 0 spiro atoms. The Morgan fingerprint density at radius 3 is 2.85 bits per heavy atom. The molecule has 2 aliphatic heterocycles. The van der Waals surface area contributed by atoms with Crippen LogP contribution < -0.4 is 4.90 Å². The molecule has 2 saturated heterocycles. The monoisotopic (exact) mass is 290 g/mol. The van der Waals surface area contributed by atoms with Gasteiger partial charge < -0.3 is 4.90 Å². The van der Waals surface area contributed by atoms with E-state index in [2.05, 4.69) is 17.9 Å². The average molecular weight is 291 g/mol. The first-order chi connectivity index (χ1) is 9.61. The van der Waals surface area contributed by atoms with Crippen molar-refractivity contribution in [2.45, 2.75) is 32.4 Å². The smallest absolute Gasteiger partial charge is 0.244 e. The van der Waals surface area contributed by atoms with Crippen LogP contribution in [0.5, 0.6) is 0 Å². The van der Waals surface area contributed by atoms with E-state index in [1.54, 1.807) is 0 Å². The van der Waals surface area contributed by atoms with Gasteiger partial charge in [0, 0.05) is 13.1 Å². The van der Waals surface area contributed by atoms with E-state index >= 15 is 0 Å². The maximum absolute atomic E-state index is 12.6. The molecule has 2 fully saturated rings. The van der Waals surface area contributed by atoms with Gasteiger partial charge in [0.15, 0.2) is 0 Å². The second-order valence-electron chi connectivity index (χ2n) is 5.63. The minimum atomic E-state index is 0.0196. The Morgan fingerprint density at radius 2 is 2.20 bits per heavy atom. The molecule has 2 atom stereocenters. The highest BCUT2D eigenvalue weighted by atomic mass is 35.5.